The fourth-order valence-corrected chi connectivity index (χ4v) is 3.06. The maximum atomic E-state index is 11.8. The second-order valence-electron chi connectivity index (χ2n) is 4.57. The van der Waals surface area contributed by atoms with E-state index in [0.717, 1.165) is 12.8 Å². The molecule has 1 aromatic carbocycles. The summed E-state index contributed by atoms with van der Waals surface area (Å²) in [5.74, 6) is -0.213. The van der Waals surface area contributed by atoms with Crippen molar-refractivity contribution in [1.29, 1.82) is 0 Å². The first kappa shape index (κ1) is 15.6. The van der Waals surface area contributed by atoms with E-state index in [4.69, 9.17) is 15.4 Å². The standard InChI is InChI=1S/C12H13BrClNO4S/c1-7(12(16)15-9-3-4-9)19-10-5-2-8(13)6-11(10)20(14,17)18/h2,5-7,9H,3-4H2,1H3,(H,15,16). The molecule has 0 spiro atoms. The minimum absolute atomic E-state index is 0.0571. The molecule has 8 heteroatoms. The summed E-state index contributed by atoms with van der Waals surface area (Å²) in [6.07, 6.45) is 1.14. The quantitative estimate of drug-likeness (QED) is 0.794. The van der Waals surface area contributed by atoms with Crippen LogP contribution in [0.15, 0.2) is 27.6 Å². The van der Waals surface area contributed by atoms with Crippen LogP contribution in [0.25, 0.3) is 0 Å². The third-order valence-corrected chi connectivity index (χ3v) is 4.60. The predicted molar refractivity (Wildman–Crippen MR) is 78.4 cm³/mol. The van der Waals surface area contributed by atoms with Gasteiger partial charge in [-0.15, -0.1) is 0 Å². The Bertz CT molecular complexity index is 630. The molecule has 1 aliphatic rings. The van der Waals surface area contributed by atoms with Crippen molar-refractivity contribution < 1.29 is 17.9 Å². The van der Waals surface area contributed by atoms with Crippen LogP contribution in [-0.4, -0.2) is 26.5 Å². The van der Waals surface area contributed by atoms with Crippen LogP contribution in [0.1, 0.15) is 19.8 Å². The maximum Gasteiger partial charge on any atom is 0.265 e. The van der Waals surface area contributed by atoms with Crippen molar-refractivity contribution in [2.45, 2.75) is 36.8 Å². The molecule has 20 heavy (non-hydrogen) atoms. The number of amides is 1. The third kappa shape index (κ3) is 4.10. The van der Waals surface area contributed by atoms with Gasteiger partial charge in [0.2, 0.25) is 0 Å². The summed E-state index contributed by atoms with van der Waals surface area (Å²) in [6.45, 7) is 1.56. The van der Waals surface area contributed by atoms with E-state index in [1.165, 1.54) is 12.1 Å². The molecule has 0 heterocycles. The largest absolute Gasteiger partial charge is 0.479 e. The minimum atomic E-state index is -3.95. The molecule has 0 radical (unpaired) electrons. The van der Waals surface area contributed by atoms with Crippen molar-refractivity contribution >= 4 is 41.6 Å². The number of hydrogen-bond acceptors (Lipinski definition) is 4. The Morgan fingerprint density at radius 2 is 2.15 bits per heavy atom. The molecule has 0 bridgehead atoms. The average molecular weight is 383 g/mol. The van der Waals surface area contributed by atoms with Gasteiger partial charge in [-0.3, -0.25) is 4.79 Å². The van der Waals surface area contributed by atoms with Crippen LogP contribution in [0.2, 0.25) is 0 Å². The Morgan fingerprint density at radius 1 is 1.50 bits per heavy atom. The topological polar surface area (TPSA) is 72.5 Å². The molecule has 0 saturated heterocycles. The summed E-state index contributed by atoms with van der Waals surface area (Å²) < 4.78 is 29.0. The molecule has 1 saturated carbocycles. The predicted octanol–water partition coefficient (Wildman–Crippen LogP) is 2.42. The normalized spacial score (nSPS) is 16.6. The van der Waals surface area contributed by atoms with Crippen molar-refractivity contribution in [2.75, 3.05) is 0 Å². The van der Waals surface area contributed by atoms with Crippen LogP contribution in [0.4, 0.5) is 0 Å². The summed E-state index contributed by atoms with van der Waals surface area (Å²) in [4.78, 5) is 11.6. The van der Waals surface area contributed by atoms with Gasteiger partial charge in [-0.1, -0.05) is 15.9 Å². The molecule has 1 unspecified atom stereocenters. The highest BCUT2D eigenvalue weighted by Crippen LogP contribution is 2.30. The lowest BCUT2D eigenvalue weighted by Gasteiger charge is -2.16. The zero-order valence-electron chi connectivity index (χ0n) is 10.6. The number of nitrogens with one attached hydrogen (secondary N) is 1. The summed E-state index contributed by atoms with van der Waals surface area (Å²) in [5, 5.41) is 2.79. The van der Waals surface area contributed by atoms with Gasteiger partial charge in [0.15, 0.2) is 6.10 Å². The van der Waals surface area contributed by atoms with Crippen molar-refractivity contribution in [1.82, 2.24) is 5.32 Å². The number of rotatable bonds is 5. The van der Waals surface area contributed by atoms with E-state index >= 15 is 0 Å². The van der Waals surface area contributed by atoms with Gasteiger partial charge < -0.3 is 10.1 Å². The van der Waals surface area contributed by atoms with Crippen molar-refractivity contribution in [3.8, 4) is 5.75 Å². The number of halogens is 2. The van der Waals surface area contributed by atoms with Crippen LogP contribution in [0, 0.1) is 0 Å². The first-order chi connectivity index (χ1) is 9.27. The Hall–Kier alpha value is -0.790. The summed E-state index contributed by atoms with van der Waals surface area (Å²) in [5.41, 5.74) is 0. The molecule has 1 aliphatic carbocycles. The first-order valence-corrected chi connectivity index (χ1v) is 9.09. The van der Waals surface area contributed by atoms with Gasteiger partial charge in [0, 0.05) is 21.2 Å². The molecule has 5 nitrogen and oxygen atoms in total. The maximum absolute atomic E-state index is 11.8. The van der Waals surface area contributed by atoms with E-state index in [9.17, 15) is 13.2 Å². The third-order valence-electron chi connectivity index (χ3n) is 2.77. The highest BCUT2D eigenvalue weighted by molar-refractivity contribution is 9.10. The Kier molecular flexibility index (Phi) is 4.61. The van der Waals surface area contributed by atoms with Crippen LogP contribution in [0.3, 0.4) is 0 Å². The molecule has 0 aliphatic heterocycles. The van der Waals surface area contributed by atoms with Gasteiger partial charge in [0.25, 0.3) is 15.0 Å². The molecule has 1 N–H and O–H groups in total. The van der Waals surface area contributed by atoms with Gasteiger partial charge >= 0.3 is 0 Å². The lowest BCUT2D eigenvalue weighted by molar-refractivity contribution is -0.127. The van der Waals surface area contributed by atoms with Crippen LogP contribution in [0.5, 0.6) is 5.75 Å². The monoisotopic (exact) mass is 381 g/mol. The number of carbonyl (C=O) groups excluding carboxylic acids is 1. The number of hydrogen-bond donors (Lipinski definition) is 1. The van der Waals surface area contributed by atoms with Gasteiger partial charge in [-0.05, 0) is 38.0 Å². The Labute approximate surface area is 130 Å². The van der Waals surface area contributed by atoms with Gasteiger partial charge in [0.1, 0.15) is 10.6 Å². The second kappa shape index (κ2) is 5.91. The molecule has 2 rings (SSSR count). The summed E-state index contributed by atoms with van der Waals surface area (Å²) in [6, 6.07) is 4.63. The average Bonchev–Trinajstić information content (AvgIpc) is 3.13. The summed E-state index contributed by atoms with van der Waals surface area (Å²) in [7, 11) is 1.41. The van der Waals surface area contributed by atoms with E-state index in [1.807, 2.05) is 0 Å². The minimum Gasteiger partial charge on any atom is -0.479 e. The zero-order chi connectivity index (χ0) is 14.9. The molecule has 1 aromatic rings. The Morgan fingerprint density at radius 3 is 2.70 bits per heavy atom. The van der Waals surface area contributed by atoms with Crippen LogP contribution >= 0.6 is 26.6 Å². The highest BCUT2D eigenvalue weighted by atomic mass is 79.9. The lowest BCUT2D eigenvalue weighted by Crippen LogP contribution is -2.37. The van der Waals surface area contributed by atoms with Gasteiger partial charge in [0.05, 0.1) is 0 Å². The van der Waals surface area contributed by atoms with E-state index in [0.29, 0.717) is 4.47 Å². The zero-order valence-corrected chi connectivity index (χ0v) is 13.8. The highest BCUT2D eigenvalue weighted by Gasteiger charge is 2.27. The number of benzene rings is 1. The van der Waals surface area contributed by atoms with E-state index < -0.39 is 15.2 Å². The smallest absolute Gasteiger partial charge is 0.265 e. The van der Waals surface area contributed by atoms with Crippen molar-refractivity contribution in [3.05, 3.63) is 22.7 Å². The molecular formula is C12H13BrClNO4S. The van der Waals surface area contributed by atoms with Gasteiger partial charge in [-0.2, -0.15) is 0 Å². The lowest BCUT2D eigenvalue weighted by atomic mass is 10.3. The Balaban J connectivity index is 2.17. The molecule has 1 atom stereocenters. The molecule has 1 amide bonds. The molecule has 110 valence electrons. The second-order valence-corrected chi connectivity index (χ2v) is 8.02. The number of carbonyl (C=O) groups is 1. The van der Waals surface area contributed by atoms with E-state index in [2.05, 4.69) is 21.2 Å². The van der Waals surface area contributed by atoms with Crippen molar-refractivity contribution in [3.63, 3.8) is 0 Å². The fourth-order valence-electron chi connectivity index (χ4n) is 1.56. The molecule has 1 fully saturated rings. The SMILES string of the molecule is CC(Oc1ccc(Br)cc1S(=O)(=O)Cl)C(=O)NC1CC1. The first-order valence-electron chi connectivity index (χ1n) is 5.98. The fraction of sp³-hybridized carbons (Fsp3) is 0.417. The van der Waals surface area contributed by atoms with Crippen LogP contribution in [-0.2, 0) is 13.8 Å². The summed E-state index contributed by atoms with van der Waals surface area (Å²) >= 11 is 3.17. The van der Waals surface area contributed by atoms with E-state index in [-0.39, 0.29) is 22.6 Å². The van der Waals surface area contributed by atoms with Crippen molar-refractivity contribution in [2.24, 2.45) is 0 Å². The van der Waals surface area contributed by atoms with E-state index in [1.54, 1.807) is 13.0 Å². The van der Waals surface area contributed by atoms with Crippen LogP contribution < -0.4 is 10.1 Å². The molecule has 0 aromatic heterocycles. The van der Waals surface area contributed by atoms with Gasteiger partial charge in [-0.25, -0.2) is 8.42 Å². The number of ether oxygens (including phenoxy) is 1. The molecular weight excluding hydrogens is 370 g/mol.